The molecule has 5 N–H and O–H groups in total. The topological polar surface area (TPSA) is 166 Å². The third-order valence-electron chi connectivity index (χ3n) is 7.22. The number of hydrogen-bond donors (Lipinski definition) is 4. The molecule has 1 aliphatic carbocycles. The van der Waals surface area contributed by atoms with Crippen molar-refractivity contribution in [3.63, 3.8) is 0 Å². The van der Waals surface area contributed by atoms with E-state index >= 15 is 0 Å². The van der Waals surface area contributed by atoms with E-state index in [-0.39, 0.29) is 41.4 Å². The van der Waals surface area contributed by atoms with Crippen LogP contribution in [0.3, 0.4) is 0 Å². The monoisotopic (exact) mass is 585 g/mol. The summed E-state index contributed by atoms with van der Waals surface area (Å²) < 4.78 is 16.6. The molecule has 6 atom stereocenters. The molecule has 0 saturated heterocycles. The highest BCUT2D eigenvalue weighted by atomic mass is 16.6. The molecule has 0 aromatic rings. The van der Waals surface area contributed by atoms with Crippen LogP contribution >= 0.6 is 0 Å². The van der Waals surface area contributed by atoms with Gasteiger partial charge in [0.05, 0.1) is 23.6 Å². The lowest BCUT2D eigenvalue weighted by molar-refractivity contribution is -0.120. The van der Waals surface area contributed by atoms with Gasteiger partial charge in [0, 0.05) is 43.9 Å². The Balaban J connectivity index is 2.62. The maximum absolute atomic E-state index is 13.5. The summed E-state index contributed by atoms with van der Waals surface area (Å²) in [5.41, 5.74) is 6.42. The van der Waals surface area contributed by atoms with Crippen molar-refractivity contribution in [2.45, 2.75) is 65.0 Å². The fourth-order valence-electron chi connectivity index (χ4n) is 4.95. The molecule has 2 aliphatic rings. The van der Waals surface area contributed by atoms with Crippen molar-refractivity contribution in [1.82, 2.24) is 10.6 Å². The third-order valence-corrected chi connectivity index (χ3v) is 7.22. The highest BCUT2D eigenvalue weighted by Crippen LogP contribution is 2.28. The number of nitrogens with two attached hydrogens (primary N) is 1. The van der Waals surface area contributed by atoms with Crippen LogP contribution in [0.15, 0.2) is 71.1 Å². The molecule has 230 valence electrons. The molecule has 0 fully saturated rings. The van der Waals surface area contributed by atoms with Crippen LogP contribution in [0.4, 0.5) is 4.79 Å². The van der Waals surface area contributed by atoms with Gasteiger partial charge in [0.25, 0.3) is 5.91 Å². The standard InChI is InChI=1S/C31H43N3O8/c1-8-12-33-26-21-13-17(2)14-25(41-7)27(36)19(4)15-20(5)29(42-31(32)39)24(40-6)11-9-10-18(3)30(38)34-22(28(21)37)16-23(26)35/h8-11,15-17,19,24-25,27,29,33,36H,1,12-14H2,2-7H3,(H2,32,39)(H,34,38)/b11-9-,18-10+,20-15+/t17-,19+,24-,25-,27+,29+/m1/s1. The quantitative estimate of drug-likeness (QED) is 0.271. The Hall–Kier alpha value is -3.80. The van der Waals surface area contributed by atoms with Crippen LogP contribution in [0.5, 0.6) is 0 Å². The van der Waals surface area contributed by atoms with Gasteiger partial charge in [0.1, 0.15) is 6.10 Å². The summed E-state index contributed by atoms with van der Waals surface area (Å²) in [6.07, 6.45) is 5.34. The zero-order chi connectivity index (χ0) is 31.6. The number of allylic oxidation sites excluding steroid dienone is 4. The summed E-state index contributed by atoms with van der Waals surface area (Å²) in [4.78, 5) is 51.3. The number of rotatable bonds is 6. The number of carbonyl (C=O) groups is 4. The fourth-order valence-corrected chi connectivity index (χ4v) is 4.95. The average Bonchev–Trinajstić information content (AvgIpc) is 2.94. The predicted octanol–water partition coefficient (Wildman–Crippen LogP) is 2.54. The molecule has 2 bridgehead atoms. The Morgan fingerprint density at radius 2 is 1.90 bits per heavy atom. The van der Waals surface area contributed by atoms with E-state index in [2.05, 4.69) is 17.2 Å². The van der Waals surface area contributed by atoms with E-state index in [9.17, 15) is 24.3 Å². The second-order valence-corrected chi connectivity index (χ2v) is 10.6. The first-order chi connectivity index (χ1) is 19.8. The van der Waals surface area contributed by atoms with Gasteiger partial charge in [-0.05, 0) is 38.2 Å². The molecular formula is C31H43N3O8. The van der Waals surface area contributed by atoms with Crippen LogP contribution in [0.25, 0.3) is 0 Å². The van der Waals surface area contributed by atoms with Crippen molar-refractivity contribution >= 4 is 23.6 Å². The lowest BCUT2D eigenvalue weighted by Crippen LogP contribution is -2.37. The van der Waals surface area contributed by atoms with Crippen LogP contribution < -0.4 is 16.4 Å². The highest BCUT2D eigenvalue weighted by Gasteiger charge is 2.33. The fraction of sp³-hybridized carbons (Fsp3) is 0.484. The molecule has 1 heterocycles. The second kappa shape index (κ2) is 16.0. The van der Waals surface area contributed by atoms with Gasteiger partial charge >= 0.3 is 6.09 Å². The molecule has 1 aliphatic heterocycles. The number of nitrogens with one attached hydrogen (secondary N) is 2. The van der Waals surface area contributed by atoms with Gasteiger partial charge in [-0.1, -0.05) is 44.2 Å². The van der Waals surface area contributed by atoms with Crippen molar-refractivity contribution in [3.8, 4) is 0 Å². The van der Waals surface area contributed by atoms with E-state index in [0.717, 1.165) is 6.08 Å². The van der Waals surface area contributed by atoms with Crippen molar-refractivity contribution in [2.24, 2.45) is 17.6 Å². The minimum atomic E-state index is -1.00. The maximum atomic E-state index is 13.5. The Kier molecular flexibility index (Phi) is 13.1. The van der Waals surface area contributed by atoms with Crippen LogP contribution in [0.2, 0.25) is 0 Å². The van der Waals surface area contributed by atoms with E-state index in [1.54, 1.807) is 45.1 Å². The van der Waals surface area contributed by atoms with Crippen LogP contribution in [-0.4, -0.2) is 73.9 Å². The van der Waals surface area contributed by atoms with Crippen molar-refractivity contribution in [1.29, 1.82) is 0 Å². The Morgan fingerprint density at radius 3 is 2.50 bits per heavy atom. The van der Waals surface area contributed by atoms with Gasteiger partial charge in [0.15, 0.2) is 6.10 Å². The predicted molar refractivity (Wildman–Crippen MR) is 158 cm³/mol. The molecule has 11 heteroatoms. The first-order valence-electron chi connectivity index (χ1n) is 13.8. The molecule has 0 unspecified atom stereocenters. The number of ether oxygens (including phenoxy) is 3. The smallest absolute Gasteiger partial charge is 0.405 e. The molecule has 0 aromatic heterocycles. The molecule has 2 rings (SSSR count). The SMILES string of the molecule is C=CCNC1=C2C[C@@H](C)C[C@@H](OC)[C@@H](O)[C@@H](C)/C=C(\C)[C@H](OC(N)=O)[C@H](OC)/C=C\C=C(/C)C(=O)NC(=CC1=O)C2=O. The number of aliphatic hydroxyl groups is 1. The number of hydrogen-bond acceptors (Lipinski definition) is 9. The van der Waals surface area contributed by atoms with E-state index in [1.165, 1.54) is 20.3 Å². The molecule has 0 saturated carbocycles. The number of fused-ring (bicyclic) bond motifs is 2. The van der Waals surface area contributed by atoms with Gasteiger partial charge < -0.3 is 35.7 Å². The van der Waals surface area contributed by atoms with Crippen molar-refractivity contribution in [2.75, 3.05) is 20.8 Å². The van der Waals surface area contributed by atoms with Crippen LogP contribution in [0.1, 0.15) is 40.5 Å². The van der Waals surface area contributed by atoms with Crippen LogP contribution in [-0.2, 0) is 28.6 Å². The summed E-state index contributed by atoms with van der Waals surface area (Å²) in [7, 11) is 2.92. The zero-order valence-corrected chi connectivity index (χ0v) is 25.1. The molecule has 0 spiro atoms. The lowest BCUT2D eigenvalue weighted by Gasteiger charge is -2.30. The van der Waals surface area contributed by atoms with Gasteiger partial charge in [0.2, 0.25) is 11.6 Å². The average molecular weight is 586 g/mol. The largest absolute Gasteiger partial charge is 0.439 e. The number of Topliss-reactive ketones (excluding diaryl/α,β-unsaturated/α-hetero) is 1. The number of methoxy groups -OCH3 is 2. The number of ketones is 2. The van der Waals surface area contributed by atoms with Crippen molar-refractivity contribution in [3.05, 3.63) is 71.1 Å². The zero-order valence-electron chi connectivity index (χ0n) is 25.1. The lowest BCUT2D eigenvalue weighted by atomic mass is 9.85. The maximum Gasteiger partial charge on any atom is 0.405 e. The highest BCUT2D eigenvalue weighted by molar-refractivity contribution is 6.23. The van der Waals surface area contributed by atoms with Crippen molar-refractivity contribution < 1.29 is 38.5 Å². The van der Waals surface area contributed by atoms with Gasteiger partial charge in [-0.15, -0.1) is 6.58 Å². The third kappa shape index (κ3) is 9.10. The molecule has 2 amide bonds. The number of carbonyl (C=O) groups excluding carboxylic acids is 4. The number of aliphatic hydroxyl groups excluding tert-OH is 1. The Morgan fingerprint density at radius 1 is 1.21 bits per heavy atom. The normalized spacial score (nSPS) is 31.6. The summed E-state index contributed by atoms with van der Waals surface area (Å²) in [6, 6.07) is 0. The number of amides is 2. The minimum Gasteiger partial charge on any atom is -0.439 e. The van der Waals surface area contributed by atoms with Gasteiger partial charge in [-0.25, -0.2) is 4.79 Å². The van der Waals surface area contributed by atoms with E-state index < -0.39 is 53.9 Å². The summed E-state index contributed by atoms with van der Waals surface area (Å²) in [5.74, 6) is -2.14. The molecular weight excluding hydrogens is 542 g/mol. The first kappa shape index (κ1) is 34.4. The molecule has 42 heavy (non-hydrogen) atoms. The molecule has 11 nitrogen and oxygen atoms in total. The van der Waals surface area contributed by atoms with E-state index in [0.29, 0.717) is 12.0 Å². The minimum absolute atomic E-state index is 0.132. The van der Waals surface area contributed by atoms with Crippen LogP contribution in [0, 0.1) is 11.8 Å². The number of primary amides is 1. The molecule has 0 aromatic carbocycles. The van der Waals surface area contributed by atoms with Gasteiger partial charge in [-0.3, -0.25) is 14.4 Å². The first-order valence-corrected chi connectivity index (χ1v) is 13.8. The van der Waals surface area contributed by atoms with Gasteiger partial charge in [-0.2, -0.15) is 0 Å². The summed E-state index contributed by atoms with van der Waals surface area (Å²) >= 11 is 0. The Bertz CT molecular complexity index is 1210. The summed E-state index contributed by atoms with van der Waals surface area (Å²) in [6.45, 7) is 10.9. The molecule has 0 radical (unpaired) electrons. The summed E-state index contributed by atoms with van der Waals surface area (Å²) in [5, 5.41) is 16.7. The second-order valence-electron chi connectivity index (χ2n) is 10.6. The van der Waals surface area contributed by atoms with E-state index in [4.69, 9.17) is 19.9 Å². The Labute approximate surface area is 247 Å². The van der Waals surface area contributed by atoms with E-state index in [1.807, 2.05) is 6.92 Å².